The molecule has 0 atom stereocenters. The van der Waals surface area contributed by atoms with Gasteiger partial charge in [-0.3, -0.25) is 0 Å². The number of para-hydroxylation sites is 1. The number of rotatable bonds is 6. The summed E-state index contributed by atoms with van der Waals surface area (Å²) < 4.78 is 27.7. The summed E-state index contributed by atoms with van der Waals surface area (Å²) in [4.78, 5) is 1.43. The minimum atomic E-state index is -3.48. The first-order valence-corrected chi connectivity index (χ1v) is 9.26. The lowest BCUT2D eigenvalue weighted by Gasteiger charge is -2.22. The molecule has 1 aromatic heterocycles. The van der Waals surface area contributed by atoms with Crippen LogP contribution < -0.4 is 5.32 Å². The largest absolute Gasteiger partial charge is 0.387 e. The number of hydrogen-bond donors (Lipinski definition) is 1. The van der Waals surface area contributed by atoms with Gasteiger partial charge in [-0.25, -0.2) is 8.42 Å². The number of hydrogen-bond acceptors (Lipinski definition) is 4. The molecule has 4 nitrogen and oxygen atoms in total. The number of sulfonamides is 1. The van der Waals surface area contributed by atoms with E-state index in [1.807, 2.05) is 23.6 Å². The van der Waals surface area contributed by atoms with Crippen molar-refractivity contribution in [3.8, 4) is 0 Å². The topological polar surface area (TPSA) is 49.4 Å². The third-order valence-corrected chi connectivity index (χ3v) is 6.41. The fourth-order valence-electron chi connectivity index (χ4n) is 2.35. The van der Waals surface area contributed by atoms with E-state index < -0.39 is 10.0 Å². The Hall–Kier alpha value is -1.37. The molecule has 21 heavy (non-hydrogen) atoms. The maximum Gasteiger partial charge on any atom is 0.245 e. The summed E-state index contributed by atoms with van der Waals surface area (Å²) in [6, 6.07) is 11.2. The maximum atomic E-state index is 13.0. The van der Waals surface area contributed by atoms with Gasteiger partial charge in [-0.2, -0.15) is 4.31 Å². The van der Waals surface area contributed by atoms with Gasteiger partial charge in [0.05, 0.1) is 5.69 Å². The van der Waals surface area contributed by atoms with Gasteiger partial charge in [0.1, 0.15) is 4.90 Å². The highest BCUT2D eigenvalue weighted by Crippen LogP contribution is 2.35. The molecule has 1 heterocycles. The molecule has 0 unspecified atom stereocenters. The quantitative estimate of drug-likeness (QED) is 0.889. The van der Waals surface area contributed by atoms with Crippen LogP contribution in [0.1, 0.15) is 17.7 Å². The van der Waals surface area contributed by atoms with Gasteiger partial charge in [-0.05, 0) is 36.4 Å². The molecule has 1 N–H and O–H groups in total. The molecule has 3 rings (SSSR count). The molecule has 1 aliphatic rings. The van der Waals surface area contributed by atoms with Crippen LogP contribution in [-0.4, -0.2) is 25.8 Å². The Balaban J connectivity index is 1.97. The van der Waals surface area contributed by atoms with Gasteiger partial charge in [0.25, 0.3) is 0 Å². The average Bonchev–Trinajstić information content (AvgIpc) is 3.20. The standard InChI is InChI=1S/C15H18N2O2S2/c1-16-14-6-2-3-7-15(14)21(18,19)17(12-8-9-12)11-13-5-4-10-20-13/h2-7,10,12,16H,8-9,11H2,1H3. The van der Waals surface area contributed by atoms with Gasteiger partial charge in [-0.15, -0.1) is 11.3 Å². The van der Waals surface area contributed by atoms with E-state index in [-0.39, 0.29) is 6.04 Å². The number of thiophene rings is 1. The van der Waals surface area contributed by atoms with Crippen molar-refractivity contribution in [2.75, 3.05) is 12.4 Å². The number of benzene rings is 1. The summed E-state index contributed by atoms with van der Waals surface area (Å²) >= 11 is 1.60. The lowest BCUT2D eigenvalue weighted by Crippen LogP contribution is -2.32. The number of nitrogens with zero attached hydrogens (tertiary/aromatic N) is 1. The minimum Gasteiger partial charge on any atom is -0.387 e. The van der Waals surface area contributed by atoms with E-state index >= 15 is 0 Å². The molecule has 2 aromatic rings. The Morgan fingerprint density at radius 1 is 1.24 bits per heavy atom. The van der Waals surface area contributed by atoms with Crippen molar-refractivity contribution in [3.63, 3.8) is 0 Å². The molecule has 1 saturated carbocycles. The fourth-order valence-corrected chi connectivity index (χ4v) is 5.00. The second-order valence-electron chi connectivity index (χ2n) is 5.11. The molecule has 1 aliphatic carbocycles. The van der Waals surface area contributed by atoms with Crippen LogP contribution >= 0.6 is 11.3 Å². The van der Waals surface area contributed by atoms with Crippen molar-refractivity contribution in [2.45, 2.75) is 30.3 Å². The zero-order valence-electron chi connectivity index (χ0n) is 11.8. The number of nitrogens with one attached hydrogen (secondary N) is 1. The van der Waals surface area contributed by atoms with Crippen LogP contribution in [0, 0.1) is 0 Å². The molecule has 1 fully saturated rings. The van der Waals surface area contributed by atoms with E-state index in [1.165, 1.54) is 0 Å². The molecule has 0 aliphatic heterocycles. The minimum absolute atomic E-state index is 0.141. The highest BCUT2D eigenvalue weighted by atomic mass is 32.2. The van der Waals surface area contributed by atoms with Gasteiger partial charge in [0.15, 0.2) is 0 Å². The zero-order valence-corrected chi connectivity index (χ0v) is 13.5. The first-order chi connectivity index (χ1) is 10.1. The molecule has 6 heteroatoms. The molecule has 0 amide bonds. The van der Waals surface area contributed by atoms with Crippen LogP contribution in [0.25, 0.3) is 0 Å². The van der Waals surface area contributed by atoms with E-state index in [0.717, 1.165) is 17.7 Å². The van der Waals surface area contributed by atoms with E-state index in [1.54, 1.807) is 40.9 Å². The molecule has 0 bridgehead atoms. The van der Waals surface area contributed by atoms with Crippen LogP contribution in [0.15, 0.2) is 46.7 Å². The van der Waals surface area contributed by atoms with Crippen molar-refractivity contribution < 1.29 is 8.42 Å². The fraction of sp³-hybridized carbons (Fsp3) is 0.333. The molecule has 0 spiro atoms. The van der Waals surface area contributed by atoms with Crippen molar-refractivity contribution in [1.29, 1.82) is 0 Å². The Labute approximate surface area is 129 Å². The summed E-state index contributed by atoms with van der Waals surface area (Å²) in [6.07, 6.45) is 1.90. The lowest BCUT2D eigenvalue weighted by molar-refractivity contribution is 0.401. The highest BCUT2D eigenvalue weighted by Gasteiger charge is 2.39. The highest BCUT2D eigenvalue weighted by molar-refractivity contribution is 7.89. The van der Waals surface area contributed by atoms with Crippen LogP contribution in [0.2, 0.25) is 0 Å². The monoisotopic (exact) mass is 322 g/mol. The third-order valence-electron chi connectivity index (χ3n) is 3.59. The maximum absolute atomic E-state index is 13.0. The Kier molecular flexibility index (Phi) is 4.01. The first-order valence-electron chi connectivity index (χ1n) is 6.94. The van der Waals surface area contributed by atoms with Crippen LogP contribution in [0.3, 0.4) is 0 Å². The predicted octanol–water partition coefficient (Wildman–Crippen LogP) is 3.14. The SMILES string of the molecule is CNc1ccccc1S(=O)(=O)N(Cc1cccs1)C1CC1. The average molecular weight is 322 g/mol. The molecule has 1 aromatic carbocycles. The van der Waals surface area contributed by atoms with E-state index in [2.05, 4.69) is 5.32 Å². The summed E-state index contributed by atoms with van der Waals surface area (Å²) in [5.41, 5.74) is 0.648. The van der Waals surface area contributed by atoms with E-state index in [4.69, 9.17) is 0 Å². The van der Waals surface area contributed by atoms with E-state index in [0.29, 0.717) is 17.1 Å². The molecular weight excluding hydrogens is 304 g/mol. The summed E-state index contributed by atoms with van der Waals surface area (Å²) in [5.74, 6) is 0. The second kappa shape index (κ2) is 5.79. The second-order valence-corrected chi connectivity index (χ2v) is 8.00. The lowest BCUT2D eigenvalue weighted by atomic mass is 10.3. The normalized spacial score (nSPS) is 15.3. The predicted molar refractivity (Wildman–Crippen MR) is 86.1 cm³/mol. The van der Waals surface area contributed by atoms with Crippen LogP contribution in [0.4, 0.5) is 5.69 Å². The summed E-state index contributed by atoms with van der Waals surface area (Å²) in [5, 5.41) is 4.95. The van der Waals surface area contributed by atoms with Crippen molar-refractivity contribution in [1.82, 2.24) is 4.31 Å². The van der Waals surface area contributed by atoms with Crippen molar-refractivity contribution in [2.24, 2.45) is 0 Å². The van der Waals surface area contributed by atoms with Gasteiger partial charge >= 0.3 is 0 Å². The Morgan fingerprint density at radius 2 is 2.00 bits per heavy atom. The van der Waals surface area contributed by atoms with Gasteiger partial charge in [0.2, 0.25) is 10.0 Å². The van der Waals surface area contributed by atoms with Crippen LogP contribution in [0.5, 0.6) is 0 Å². The number of anilines is 1. The smallest absolute Gasteiger partial charge is 0.245 e. The first kappa shape index (κ1) is 14.6. The molecule has 0 saturated heterocycles. The van der Waals surface area contributed by atoms with Gasteiger partial charge in [-0.1, -0.05) is 18.2 Å². The molecule has 0 radical (unpaired) electrons. The zero-order chi connectivity index (χ0) is 14.9. The third kappa shape index (κ3) is 2.97. The van der Waals surface area contributed by atoms with Gasteiger partial charge in [0, 0.05) is 24.5 Å². The summed E-state index contributed by atoms with van der Waals surface area (Å²) in [6.45, 7) is 0.461. The van der Waals surface area contributed by atoms with Crippen LogP contribution in [-0.2, 0) is 16.6 Å². The Bertz CT molecular complexity index is 707. The summed E-state index contributed by atoms with van der Waals surface area (Å²) in [7, 11) is -1.73. The van der Waals surface area contributed by atoms with Crippen molar-refractivity contribution in [3.05, 3.63) is 46.7 Å². The van der Waals surface area contributed by atoms with Crippen molar-refractivity contribution >= 4 is 27.0 Å². The molecular formula is C15H18N2O2S2. The van der Waals surface area contributed by atoms with E-state index in [9.17, 15) is 8.42 Å². The molecule has 112 valence electrons. The Morgan fingerprint density at radius 3 is 2.62 bits per heavy atom. The van der Waals surface area contributed by atoms with Gasteiger partial charge < -0.3 is 5.32 Å².